The zero-order valence-electron chi connectivity index (χ0n) is 64.0. The van der Waals surface area contributed by atoms with Crippen LogP contribution in [-0.2, 0) is 79.9 Å². The molecule has 0 spiro atoms. The lowest BCUT2D eigenvalue weighted by molar-refractivity contribution is -0.142. The van der Waals surface area contributed by atoms with Gasteiger partial charge in [-0.1, -0.05) is 42.5 Å². The number of carbonyl (C=O) groups excluding carboxylic acids is 11. The molecule has 4 heterocycles. The highest BCUT2D eigenvalue weighted by Gasteiger charge is 2.36. The van der Waals surface area contributed by atoms with Crippen LogP contribution in [0.4, 0.5) is 0 Å². The first-order valence-electron chi connectivity index (χ1n) is 38.6. The van der Waals surface area contributed by atoms with Gasteiger partial charge in [0.05, 0.1) is 37.8 Å². The number of nitrogens with one attached hydrogen (secondary N) is 17. The third-order valence-electron chi connectivity index (χ3n) is 18.6. The quantitative estimate of drug-likeness (QED) is 0.0169. The average Bonchev–Trinajstić information content (AvgIpc) is 1.47. The number of fused-ring (bicyclic) bond motifs is 15. The van der Waals surface area contributed by atoms with Crippen LogP contribution in [0.3, 0.4) is 0 Å². The molecule has 0 aliphatic carbocycles. The van der Waals surface area contributed by atoms with E-state index >= 15 is 0 Å². The highest BCUT2D eigenvalue weighted by Crippen LogP contribution is 2.16. The fourth-order valence-corrected chi connectivity index (χ4v) is 12.6. The van der Waals surface area contributed by atoms with Crippen molar-refractivity contribution in [2.45, 2.75) is 176 Å². The zero-order valence-corrected chi connectivity index (χ0v) is 64.0. The second-order valence-electron chi connectivity index (χ2n) is 28.1. The van der Waals surface area contributed by atoms with Gasteiger partial charge >= 0.3 is 11.9 Å². The molecular formula is C74H120N20O17. The van der Waals surface area contributed by atoms with Crippen molar-refractivity contribution in [1.29, 1.82) is 0 Å². The van der Waals surface area contributed by atoms with E-state index in [9.17, 15) is 72.5 Å². The van der Waals surface area contributed by atoms with E-state index in [2.05, 4.69) is 95.4 Å². The summed E-state index contributed by atoms with van der Waals surface area (Å²) in [7, 11) is 1.61. The van der Waals surface area contributed by atoms with Crippen molar-refractivity contribution < 1.29 is 82.0 Å². The number of hydrogen-bond donors (Lipinski definition) is 21. The summed E-state index contributed by atoms with van der Waals surface area (Å²) in [5.74, 6) is -7.74. The Morgan fingerprint density at radius 2 is 0.982 bits per heavy atom. The summed E-state index contributed by atoms with van der Waals surface area (Å²) in [6.07, 6.45) is 4.21. The molecule has 618 valence electrons. The molecule has 11 amide bonds. The van der Waals surface area contributed by atoms with Crippen LogP contribution < -0.4 is 107 Å². The summed E-state index contributed by atoms with van der Waals surface area (Å²) in [4.78, 5) is 174. The standard InChI is InChI=1S/C74H120N20O17/c1-110-53-28-26-51(27-29-53)16-9-20-59(95)83-31-8-6-18-56(71(108)109)88-62(98)22-11-24-64(100)94-74-48-80-36-33-77-45-73(46-78-34-37-81-49-74,47-79-35-38-82-50-74)93-63(99)23-10-21-60(96)85-39-41-111-40-13-25-61(97)84-30-7-5-17-55-68(105)90-54(19-12-32-86-72(75)76)67(104)87-44-65(101)89-58(43-66(102)103)70(107)92-57(69(106)91-55)42-52-14-3-2-4-15-52/h2-4,14-15,26-29,54-58,77-82H,5-13,16-25,30-50H2,1H3,(H,83,95)(H,84,97)(H,85,96)(H,87,104)(H,88,98)(H,89,101)(H,90,105)(H,91,106)(H,92,107)(H,93,99)(H,94,100)(H,102,103)(H,108,109)(H4,75,76,86)/t54-,55?,56?,57+,58-,73?,74?/m0/s1. The number of nitrogens with zero attached hydrogens (tertiary/aromatic N) is 1. The van der Waals surface area contributed by atoms with Gasteiger partial charge < -0.3 is 122 Å². The summed E-state index contributed by atoms with van der Waals surface area (Å²) in [5, 5.41) is 70.6. The van der Waals surface area contributed by atoms with Crippen LogP contribution in [0.2, 0.25) is 0 Å². The van der Waals surface area contributed by atoms with E-state index < -0.39 is 102 Å². The molecule has 37 nitrogen and oxygen atoms in total. The van der Waals surface area contributed by atoms with Gasteiger partial charge in [0.1, 0.15) is 36.0 Å². The van der Waals surface area contributed by atoms with E-state index in [1.54, 1.807) is 37.4 Å². The molecule has 5 atom stereocenters. The van der Waals surface area contributed by atoms with Gasteiger partial charge in [0, 0.05) is 156 Å². The number of carboxylic acids is 2. The number of hydrogen-bond acceptors (Lipinski definition) is 22. The number of unbranched alkanes of at least 4 members (excludes halogenated alkanes) is 2. The minimum atomic E-state index is -1.64. The molecule has 4 aliphatic heterocycles. The number of benzene rings is 2. The van der Waals surface area contributed by atoms with Gasteiger partial charge in [-0.3, -0.25) is 62.5 Å². The van der Waals surface area contributed by atoms with Crippen molar-refractivity contribution in [2.24, 2.45) is 16.5 Å². The lowest BCUT2D eigenvalue weighted by Gasteiger charge is -2.39. The maximum atomic E-state index is 14.1. The molecule has 0 aromatic heterocycles. The van der Waals surface area contributed by atoms with Crippen molar-refractivity contribution in [1.82, 2.24) is 90.4 Å². The number of aliphatic imine (C=N–C) groups is 1. The number of ether oxygens (including phenoxy) is 2. The molecule has 2 bridgehead atoms. The number of rotatable bonds is 42. The fourth-order valence-electron chi connectivity index (χ4n) is 12.6. The van der Waals surface area contributed by atoms with Gasteiger partial charge in [-0.05, 0) is 107 Å². The van der Waals surface area contributed by atoms with Crippen LogP contribution in [0.1, 0.15) is 133 Å². The van der Waals surface area contributed by atoms with Gasteiger partial charge in [0.2, 0.25) is 65.0 Å². The number of guanidine groups is 1. The Morgan fingerprint density at radius 1 is 0.505 bits per heavy atom. The predicted octanol–water partition coefficient (Wildman–Crippen LogP) is -4.47. The van der Waals surface area contributed by atoms with Crippen LogP contribution in [0.5, 0.6) is 5.75 Å². The Morgan fingerprint density at radius 3 is 1.52 bits per heavy atom. The van der Waals surface area contributed by atoms with Crippen molar-refractivity contribution in [3.05, 3.63) is 65.7 Å². The first-order valence-corrected chi connectivity index (χ1v) is 38.6. The summed E-state index contributed by atoms with van der Waals surface area (Å²) in [5.41, 5.74) is 11.2. The smallest absolute Gasteiger partial charge is 0.326 e. The van der Waals surface area contributed by atoms with E-state index in [0.29, 0.717) is 142 Å². The normalized spacial score (nSPS) is 20.8. The number of aryl methyl sites for hydroxylation is 1. The molecular weight excluding hydrogens is 1440 g/mol. The second kappa shape index (κ2) is 52.5. The number of amides is 11. The Balaban J connectivity index is 0.971. The highest BCUT2D eigenvalue weighted by atomic mass is 16.5. The van der Waals surface area contributed by atoms with E-state index in [1.165, 1.54) is 0 Å². The Hall–Kier alpha value is -9.66. The number of methoxy groups -OCH3 is 1. The largest absolute Gasteiger partial charge is 0.497 e. The topological polar surface area (TPSA) is 550 Å². The number of carbonyl (C=O) groups is 13. The Labute approximate surface area is 648 Å². The molecule has 0 radical (unpaired) electrons. The maximum absolute atomic E-state index is 14.1. The highest BCUT2D eigenvalue weighted by molar-refractivity contribution is 5.98. The van der Waals surface area contributed by atoms with E-state index in [0.717, 1.165) is 17.7 Å². The number of aliphatic carboxylic acids is 2. The maximum Gasteiger partial charge on any atom is 0.326 e. The number of nitrogens with two attached hydrogens (primary N) is 2. The first kappa shape index (κ1) is 91.9. The monoisotopic (exact) mass is 1560 g/mol. The third-order valence-corrected chi connectivity index (χ3v) is 18.6. The average molecular weight is 1560 g/mol. The number of carboxylic acid groups (broad SMARTS) is 2. The van der Waals surface area contributed by atoms with Crippen LogP contribution in [0.15, 0.2) is 59.6 Å². The van der Waals surface area contributed by atoms with Crippen LogP contribution in [0.25, 0.3) is 0 Å². The van der Waals surface area contributed by atoms with Crippen molar-refractivity contribution in [3.8, 4) is 5.75 Å². The van der Waals surface area contributed by atoms with Gasteiger partial charge in [-0.15, -0.1) is 0 Å². The molecule has 37 heteroatoms. The van der Waals surface area contributed by atoms with Crippen LogP contribution in [-0.4, -0.2) is 266 Å². The van der Waals surface area contributed by atoms with Crippen molar-refractivity contribution in [2.75, 3.05) is 132 Å². The molecule has 111 heavy (non-hydrogen) atoms. The van der Waals surface area contributed by atoms with E-state index in [-0.39, 0.29) is 139 Å². The summed E-state index contributed by atoms with van der Waals surface area (Å²) in [6, 6.07) is 9.71. The molecule has 4 aliphatic rings. The second-order valence-corrected chi connectivity index (χ2v) is 28.1. The van der Waals surface area contributed by atoms with Gasteiger partial charge in [0.25, 0.3) is 0 Å². The minimum Gasteiger partial charge on any atom is -0.497 e. The molecule has 0 saturated carbocycles. The van der Waals surface area contributed by atoms with Crippen molar-refractivity contribution >= 4 is 82.9 Å². The van der Waals surface area contributed by atoms with E-state index in [4.69, 9.17) is 20.9 Å². The lowest BCUT2D eigenvalue weighted by Crippen LogP contribution is -2.68. The molecule has 2 aromatic rings. The third kappa shape index (κ3) is 39.2. The molecule has 6 rings (SSSR count). The van der Waals surface area contributed by atoms with Crippen molar-refractivity contribution in [3.63, 3.8) is 0 Å². The van der Waals surface area contributed by atoms with Gasteiger partial charge in [0.15, 0.2) is 5.96 Å². The lowest BCUT2D eigenvalue weighted by atomic mass is 9.96. The SMILES string of the molecule is COc1ccc(CCCC(=O)NCCCCC(NC(=O)CCCC(=O)NC23CNCCNCC(NC(=O)CCCC(=O)NCCOCCCC(=O)NCCCCC4NC(=O)[C@@H](Cc5ccccc5)NC(=O)[C@H](CC(=O)O)NC(=O)CNC(=O)[C@H](CCCN=C(N)N)NC4=O)(CNCCNC2)CNCCNC3)C(=O)O)cc1. The van der Waals surface area contributed by atoms with Crippen LogP contribution in [0, 0.1) is 0 Å². The first-order chi connectivity index (χ1) is 53.4. The molecule has 2 aromatic carbocycles. The molecule has 4 saturated heterocycles. The predicted molar refractivity (Wildman–Crippen MR) is 412 cm³/mol. The molecule has 4 fully saturated rings. The van der Waals surface area contributed by atoms with Crippen LogP contribution >= 0.6 is 0 Å². The Kier molecular flexibility index (Phi) is 43.5. The van der Waals surface area contributed by atoms with Gasteiger partial charge in [-0.2, -0.15) is 0 Å². The van der Waals surface area contributed by atoms with E-state index in [1.807, 2.05) is 24.3 Å². The fraction of sp³-hybridized carbons (Fsp3) is 0.649. The Bertz CT molecular complexity index is 3250. The minimum absolute atomic E-state index is 0.00543. The zero-order chi connectivity index (χ0) is 80.5. The summed E-state index contributed by atoms with van der Waals surface area (Å²) >= 11 is 0. The molecule has 23 N–H and O–H groups in total. The summed E-state index contributed by atoms with van der Waals surface area (Å²) < 4.78 is 10.9. The van der Waals surface area contributed by atoms with Gasteiger partial charge in [-0.25, -0.2) is 4.79 Å². The molecule has 2 unspecified atom stereocenters. The summed E-state index contributed by atoms with van der Waals surface area (Å²) in [6.45, 7) is 6.34.